The van der Waals surface area contributed by atoms with Gasteiger partial charge in [0.05, 0.1) is 25.6 Å². The van der Waals surface area contributed by atoms with Gasteiger partial charge in [-0.05, 0) is 42.8 Å². The van der Waals surface area contributed by atoms with E-state index in [0.717, 1.165) is 5.56 Å². The molecule has 0 saturated heterocycles. The van der Waals surface area contributed by atoms with Crippen molar-refractivity contribution >= 4 is 12.0 Å². The SMILES string of the molecule is C=Cc1nc(C(O)CNC(=O)c2ccc(OC)c(OC)c2)ccc1C. The van der Waals surface area contributed by atoms with Gasteiger partial charge in [-0.15, -0.1) is 0 Å². The summed E-state index contributed by atoms with van der Waals surface area (Å²) in [6.45, 7) is 5.66. The first-order valence-corrected chi connectivity index (χ1v) is 7.78. The Kier molecular flexibility index (Phi) is 6.14. The molecular weight excluding hydrogens is 320 g/mol. The Hall–Kier alpha value is -2.86. The van der Waals surface area contributed by atoms with Gasteiger partial charge in [-0.2, -0.15) is 0 Å². The summed E-state index contributed by atoms with van der Waals surface area (Å²) in [4.78, 5) is 16.6. The van der Waals surface area contributed by atoms with E-state index >= 15 is 0 Å². The number of carbonyl (C=O) groups excluding carboxylic acids is 1. The fourth-order valence-corrected chi connectivity index (χ4v) is 2.33. The minimum Gasteiger partial charge on any atom is -0.493 e. The lowest BCUT2D eigenvalue weighted by molar-refractivity contribution is 0.0913. The van der Waals surface area contributed by atoms with Gasteiger partial charge in [0, 0.05) is 12.1 Å². The third-order valence-electron chi connectivity index (χ3n) is 3.79. The molecule has 0 aliphatic carbocycles. The van der Waals surface area contributed by atoms with Gasteiger partial charge in [0.25, 0.3) is 5.91 Å². The van der Waals surface area contributed by atoms with E-state index in [-0.39, 0.29) is 12.5 Å². The lowest BCUT2D eigenvalue weighted by atomic mass is 10.1. The minimum absolute atomic E-state index is 0.0415. The number of aryl methyl sites for hydroxylation is 1. The van der Waals surface area contributed by atoms with Crippen LogP contribution in [0.15, 0.2) is 36.9 Å². The number of amides is 1. The van der Waals surface area contributed by atoms with Crippen LogP contribution in [0.2, 0.25) is 0 Å². The minimum atomic E-state index is -0.914. The van der Waals surface area contributed by atoms with Crippen molar-refractivity contribution in [3.05, 3.63) is 59.4 Å². The Morgan fingerprint density at radius 2 is 2.00 bits per heavy atom. The molecule has 6 heteroatoms. The number of aliphatic hydroxyl groups is 1. The molecule has 132 valence electrons. The highest BCUT2D eigenvalue weighted by Gasteiger charge is 2.14. The fourth-order valence-electron chi connectivity index (χ4n) is 2.33. The molecule has 1 aromatic carbocycles. The molecule has 2 aromatic rings. The molecule has 1 heterocycles. The number of pyridine rings is 1. The zero-order chi connectivity index (χ0) is 18.4. The molecule has 2 rings (SSSR count). The first kappa shape index (κ1) is 18.5. The number of nitrogens with zero attached hydrogens (tertiary/aromatic N) is 1. The van der Waals surface area contributed by atoms with Crippen LogP contribution in [0, 0.1) is 6.92 Å². The molecule has 0 bridgehead atoms. The second-order valence-electron chi connectivity index (χ2n) is 5.44. The molecule has 1 atom stereocenters. The molecule has 1 amide bonds. The molecule has 0 fully saturated rings. The Bertz CT molecular complexity index is 774. The maximum Gasteiger partial charge on any atom is 0.251 e. The molecule has 0 saturated carbocycles. The molecule has 0 aliphatic rings. The molecule has 0 aliphatic heterocycles. The van der Waals surface area contributed by atoms with Crippen molar-refractivity contribution in [1.29, 1.82) is 0 Å². The van der Waals surface area contributed by atoms with E-state index < -0.39 is 6.10 Å². The smallest absolute Gasteiger partial charge is 0.251 e. The van der Waals surface area contributed by atoms with Crippen LogP contribution in [0.5, 0.6) is 11.5 Å². The van der Waals surface area contributed by atoms with Crippen LogP contribution in [0.4, 0.5) is 0 Å². The summed E-state index contributed by atoms with van der Waals surface area (Å²) in [7, 11) is 3.03. The number of aromatic nitrogens is 1. The highest BCUT2D eigenvalue weighted by Crippen LogP contribution is 2.27. The van der Waals surface area contributed by atoms with Crippen LogP contribution < -0.4 is 14.8 Å². The standard InChI is InChI=1S/C19H22N2O4/c1-5-14-12(2)6-8-15(21-14)16(22)11-20-19(23)13-7-9-17(24-3)18(10-13)25-4/h5-10,16,22H,1,11H2,2-4H3,(H,20,23). The molecule has 1 unspecified atom stereocenters. The number of hydrogen-bond donors (Lipinski definition) is 2. The highest BCUT2D eigenvalue weighted by atomic mass is 16.5. The summed E-state index contributed by atoms with van der Waals surface area (Å²) >= 11 is 0. The first-order chi connectivity index (χ1) is 12.0. The number of hydrogen-bond acceptors (Lipinski definition) is 5. The zero-order valence-corrected chi connectivity index (χ0v) is 14.6. The van der Waals surface area contributed by atoms with Crippen LogP contribution in [-0.4, -0.2) is 36.8 Å². The van der Waals surface area contributed by atoms with Crippen LogP contribution in [0.25, 0.3) is 6.08 Å². The van der Waals surface area contributed by atoms with E-state index in [0.29, 0.717) is 28.5 Å². The van der Waals surface area contributed by atoms with Crippen molar-refractivity contribution in [3.63, 3.8) is 0 Å². The van der Waals surface area contributed by atoms with Crippen LogP contribution in [-0.2, 0) is 0 Å². The topological polar surface area (TPSA) is 80.7 Å². The second-order valence-corrected chi connectivity index (χ2v) is 5.44. The quantitative estimate of drug-likeness (QED) is 0.808. The van der Waals surface area contributed by atoms with Crippen LogP contribution >= 0.6 is 0 Å². The normalized spacial score (nSPS) is 11.5. The number of carbonyl (C=O) groups is 1. The van der Waals surface area contributed by atoms with Gasteiger partial charge >= 0.3 is 0 Å². The molecule has 0 radical (unpaired) electrons. The average Bonchev–Trinajstić information content (AvgIpc) is 2.65. The van der Waals surface area contributed by atoms with Crippen molar-refractivity contribution in [1.82, 2.24) is 10.3 Å². The summed E-state index contributed by atoms with van der Waals surface area (Å²) in [6, 6.07) is 8.46. The number of ether oxygens (including phenoxy) is 2. The predicted octanol–water partition coefficient (Wildman–Crippen LogP) is 2.51. The highest BCUT2D eigenvalue weighted by molar-refractivity contribution is 5.94. The van der Waals surface area contributed by atoms with Gasteiger partial charge in [-0.25, -0.2) is 0 Å². The summed E-state index contributed by atoms with van der Waals surface area (Å²) in [5.41, 5.74) is 2.57. The van der Waals surface area contributed by atoms with Gasteiger partial charge in [0.2, 0.25) is 0 Å². The molecule has 2 N–H and O–H groups in total. The monoisotopic (exact) mass is 342 g/mol. The van der Waals surface area contributed by atoms with E-state index in [2.05, 4.69) is 16.9 Å². The predicted molar refractivity (Wildman–Crippen MR) is 95.9 cm³/mol. The van der Waals surface area contributed by atoms with E-state index in [1.165, 1.54) is 14.2 Å². The van der Waals surface area contributed by atoms with Crippen LogP contribution in [0.3, 0.4) is 0 Å². The lowest BCUT2D eigenvalue weighted by Crippen LogP contribution is -2.28. The average molecular weight is 342 g/mol. The fraction of sp³-hybridized carbons (Fsp3) is 0.263. The van der Waals surface area contributed by atoms with Gasteiger partial charge in [0.1, 0.15) is 6.10 Å². The summed E-state index contributed by atoms with van der Waals surface area (Å²) < 4.78 is 10.3. The summed E-state index contributed by atoms with van der Waals surface area (Å²) in [5.74, 6) is 0.683. The largest absolute Gasteiger partial charge is 0.493 e. The Labute approximate surface area is 147 Å². The van der Waals surface area contributed by atoms with Crippen molar-refractivity contribution in [2.75, 3.05) is 20.8 Å². The molecular formula is C19H22N2O4. The van der Waals surface area contributed by atoms with Crippen molar-refractivity contribution in [3.8, 4) is 11.5 Å². The number of benzene rings is 1. The lowest BCUT2D eigenvalue weighted by Gasteiger charge is -2.14. The summed E-state index contributed by atoms with van der Waals surface area (Å²) in [6.07, 6.45) is 0.719. The maximum absolute atomic E-state index is 12.3. The number of methoxy groups -OCH3 is 2. The van der Waals surface area contributed by atoms with Gasteiger partial charge < -0.3 is 19.9 Å². The molecule has 6 nitrogen and oxygen atoms in total. The number of aliphatic hydroxyl groups excluding tert-OH is 1. The molecule has 0 spiro atoms. The third-order valence-corrected chi connectivity index (χ3v) is 3.79. The van der Waals surface area contributed by atoms with Crippen molar-refractivity contribution < 1.29 is 19.4 Å². The third kappa shape index (κ3) is 4.36. The Morgan fingerprint density at radius 3 is 2.64 bits per heavy atom. The van der Waals surface area contributed by atoms with Gasteiger partial charge in [0.15, 0.2) is 11.5 Å². The summed E-state index contributed by atoms with van der Waals surface area (Å²) in [5, 5.41) is 12.9. The first-order valence-electron chi connectivity index (χ1n) is 7.78. The molecule has 25 heavy (non-hydrogen) atoms. The van der Waals surface area contributed by atoms with Gasteiger partial charge in [-0.1, -0.05) is 12.6 Å². The van der Waals surface area contributed by atoms with E-state index in [4.69, 9.17) is 9.47 Å². The second kappa shape index (κ2) is 8.30. The number of rotatable bonds is 7. The van der Waals surface area contributed by atoms with Crippen LogP contribution in [0.1, 0.15) is 33.4 Å². The Balaban J connectivity index is 2.05. The van der Waals surface area contributed by atoms with Gasteiger partial charge in [-0.3, -0.25) is 9.78 Å². The van der Waals surface area contributed by atoms with E-state index in [1.54, 1.807) is 30.3 Å². The molecule has 1 aromatic heterocycles. The zero-order valence-electron chi connectivity index (χ0n) is 14.6. The maximum atomic E-state index is 12.3. The Morgan fingerprint density at radius 1 is 1.28 bits per heavy atom. The van der Waals surface area contributed by atoms with E-state index in [9.17, 15) is 9.90 Å². The number of nitrogens with one attached hydrogen (secondary N) is 1. The van der Waals surface area contributed by atoms with E-state index in [1.807, 2.05) is 13.0 Å². The van der Waals surface area contributed by atoms with Crippen molar-refractivity contribution in [2.45, 2.75) is 13.0 Å². The van der Waals surface area contributed by atoms with Crippen molar-refractivity contribution in [2.24, 2.45) is 0 Å².